The minimum absolute atomic E-state index is 0.109. The van der Waals surface area contributed by atoms with E-state index in [-0.39, 0.29) is 26.2 Å². The third kappa shape index (κ3) is 4.17. The van der Waals surface area contributed by atoms with Crippen molar-refractivity contribution in [2.45, 2.75) is 13.1 Å². The fourth-order valence-corrected chi connectivity index (χ4v) is 1.76. The molecule has 1 fully saturated rings. The second kappa shape index (κ2) is 5.55. The Labute approximate surface area is 102 Å². The Hall–Kier alpha value is -1.31. The van der Waals surface area contributed by atoms with Gasteiger partial charge in [-0.15, -0.1) is 0 Å². The lowest BCUT2D eigenvalue weighted by molar-refractivity contribution is -0.155. The molecule has 1 unspecified atom stereocenters. The van der Waals surface area contributed by atoms with Gasteiger partial charge in [0, 0.05) is 26.2 Å². The lowest BCUT2D eigenvalue weighted by Gasteiger charge is -2.35. The normalized spacial score (nSPS) is 19.7. The summed E-state index contributed by atoms with van der Waals surface area (Å²) in [5, 5.41) is 8.68. The Kier molecular flexibility index (Phi) is 4.55. The highest BCUT2D eigenvalue weighted by molar-refractivity contribution is 5.96. The van der Waals surface area contributed by atoms with Gasteiger partial charge in [0.1, 0.15) is 5.92 Å². The largest absolute Gasteiger partial charge is 0.481 e. The summed E-state index contributed by atoms with van der Waals surface area (Å²) in [6.45, 7) is 0.754. The number of carbonyl (C=O) groups excluding carboxylic acids is 1. The average Bonchev–Trinajstić information content (AvgIpc) is 2.26. The summed E-state index contributed by atoms with van der Waals surface area (Å²) in [7, 11) is 0. The molecule has 0 radical (unpaired) electrons. The molecule has 5 nitrogen and oxygen atoms in total. The van der Waals surface area contributed by atoms with Gasteiger partial charge in [0.05, 0.1) is 6.54 Å². The molecule has 0 bridgehead atoms. The molecule has 104 valence electrons. The lowest BCUT2D eigenvalue weighted by Crippen LogP contribution is -2.52. The molecule has 1 heterocycles. The minimum atomic E-state index is -4.25. The minimum Gasteiger partial charge on any atom is -0.481 e. The van der Waals surface area contributed by atoms with Crippen molar-refractivity contribution in [2.24, 2.45) is 5.92 Å². The van der Waals surface area contributed by atoms with Crippen LogP contribution in [0, 0.1) is 5.92 Å². The highest BCUT2D eigenvalue weighted by atomic mass is 19.4. The maximum Gasteiger partial charge on any atom is 0.401 e. The Morgan fingerprint density at radius 2 is 1.72 bits per heavy atom. The van der Waals surface area contributed by atoms with Crippen LogP contribution in [0.4, 0.5) is 13.2 Å². The summed E-state index contributed by atoms with van der Waals surface area (Å²) in [5.41, 5.74) is 0. The second-order valence-electron chi connectivity index (χ2n) is 4.28. The molecule has 0 aromatic carbocycles. The quantitative estimate of drug-likeness (QED) is 0.753. The number of alkyl halides is 3. The topological polar surface area (TPSA) is 60.9 Å². The summed E-state index contributed by atoms with van der Waals surface area (Å²) in [4.78, 5) is 24.8. The van der Waals surface area contributed by atoms with Crippen molar-refractivity contribution in [2.75, 3.05) is 32.7 Å². The van der Waals surface area contributed by atoms with Crippen LogP contribution in [0.1, 0.15) is 6.92 Å². The summed E-state index contributed by atoms with van der Waals surface area (Å²) in [6.07, 6.45) is -4.25. The second-order valence-corrected chi connectivity index (χ2v) is 4.28. The first kappa shape index (κ1) is 14.7. The fraction of sp³-hybridized carbons (Fsp3) is 0.800. The van der Waals surface area contributed by atoms with E-state index >= 15 is 0 Å². The number of hydrogen-bond acceptors (Lipinski definition) is 3. The zero-order chi connectivity index (χ0) is 13.9. The predicted octanol–water partition coefficient (Wildman–Crippen LogP) is 0.414. The van der Waals surface area contributed by atoms with Crippen LogP contribution in [-0.4, -0.2) is 65.7 Å². The molecular weight excluding hydrogens is 253 g/mol. The molecule has 8 heteroatoms. The number of nitrogens with zero attached hydrogens (tertiary/aromatic N) is 2. The van der Waals surface area contributed by atoms with Gasteiger partial charge in [-0.25, -0.2) is 0 Å². The van der Waals surface area contributed by atoms with Crippen molar-refractivity contribution in [1.82, 2.24) is 9.80 Å². The van der Waals surface area contributed by atoms with Gasteiger partial charge in [-0.2, -0.15) is 13.2 Å². The van der Waals surface area contributed by atoms with E-state index in [0.717, 1.165) is 0 Å². The van der Waals surface area contributed by atoms with Crippen LogP contribution in [-0.2, 0) is 9.59 Å². The van der Waals surface area contributed by atoms with Gasteiger partial charge in [-0.05, 0) is 6.92 Å². The Morgan fingerprint density at radius 1 is 1.22 bits per heavy atom. The van der Waals surface area contributed by atoms with Crippen LogP contribution < -0.4 is 0 Å². The average molecular weight is 268 g/mol. The molecule has 0 aromatic heterocycles. The van der Waals surface area contributed by atoms with Gasteiger partial charge in [0.2, 0.25) is 5.91 Å². The standard InChI is InChI=1S/C10H15F3N2O3/c1-7(9(17)18)8(16)15-4-2-14(3-5-15)6-10(11,12)13/h7H,2-6H2,1H3,(H,17,18). The third-order valence-corrected chi connectivity index (χ3v) is 2.83. The molecule has 0 saturated carbocycles. The smallest absolute Gasteiger partial charge is 0.401 e. The maximum atomic E-state index is 12.1. The van der Waals surface area contributed by atoms with Gasteiger partial charge in [-0.3, -0.25) is 14.5 Å². The van der Waals surface area contributed by atoms with Gasteiger partial charge < -0.3 is 10.0 Å². The van der Waals surface area contributed by atoms with Crippen molar-refractivity contribution >= 4 is 11.9 Å². The molecular formula is C10H15F3N2O3. The number of carboxylic acids is 1. The van der Waals surface area contributed by atoms with E-state index in [0.29, 0.717) is 0 Å². The number of rotatable bonds is 3. The van der Waals surface area contributed by atoms with Crippen molar-refractivity contribution in [3.05, 3.63) is 0 Å². The van der Waals surface area contributed by atoms with Crippen LogP contribution >= 0.6 is 0 Å². The van der Waals surface area contributed by atoms with Crippen molar-refractivity contribution in [3.63, 3.8) is 0 Å². The van der Waals surface area contributed by atoms with E-state index < -0.39 is 30.5 Å². The van der Waals surface area contributed by atoms with Crippen LogP contribution in [0.3, 0.4) is 0 Å². The Morgan fingerprint density at radius 3 is 2.11 bits per heavy atom. The Bertz CT molecular complexity index is 325. The molecule has 0 spiro atoms. The zero-order valence-corrected chi connectivity index (χ0v) is 9.90. The number of piperazine rings is 1. The summed E-state index contributed by atoms with van der Waals surface area (Å²) in [5.74, 6) is -2.92. The van der Waals surface area contributed by atoms with E-state index in [4.69, 9.17) is 5.11 Å². The van der Waals surface area contributed by atoms with E-state index in [2.05, 4.69) is 0 Å². The van der Waals surface area contributed by atoms with Crippen LogP contribution in [0.2, 0.25) is 0 Å². The SMILES string of the molecule is CC(C(=O)O)C(=O)N1CCN(CC(F)(F)F)CC1. The predicted molar refractivity (Wildman–Crippen MR) is 55.9 cm³/mol. The molecule has 1 amide bonds. The van der Waals surface area contributed by atoms with Crippen LogP contribution in [0.15, 0.2) is 0 Å². The van der Waals surface area contributed by atoms with Crippen molar-refractivity contribution in [1.29, 1.82) is 0 Å². The highest BCUT2D eigenvalue weighted by Crippen LogP contribution is 2.18. The van der Waals surface area contributed by atoms with Gasteiger partial charge in [-0.1, -0.05) is 0 Å². The first-order chi connectivity index (χ1) is 8.20. The highest BCUT2D eigenvalue weighted by Gasteiger charge is 2.34. The number of carbonyl (C=O) groups is 2. The molecule has 0 aliphatic carbocycles. The first-order valence-electron chi connectivity index (χ1n) is 5.51. The van der Waals surface area contributed by atoms with Crippen molar-refractivity contribution in [3.8, 4) is 0 Å². The van der Waals surface area contributed by atoms with E-state index in [9.17, 15) is 22.8 Å². The first-order valence-corrected chi connectivity index (χ1v) is 5.51. The summed E-state index contributed by atoms with van der Waals surface area (Å²) < 4.78 is 36.4. The van der Waals surface area contributed by atoms with Crippen LogP contribution in [0.25, 0.3) is 0 Å². The molecule has 18 heavy (non-hydrogen) atoms. The number of carboxylic acid groups (broad SMARTS) is 1. The number of hydrogen-bond donors (Lipinski definition) is 1. The maximum absolute atomic E-state index is 12.1. The molecule has 1 saturated heterocycles. The van der Waals surface area contributed by atoms with Gasteiger partial charge in [0.15, 0.2) is 0 Å². The fourth-order valence-electron chi connectivity index (χ4n) is 1.76. The van der Waals surface area contributed by atoms with E-state index in [1.54, 1.807) is 0 Å². The molecule has 1 aliphatic rings. The van der Waals surface area contributed by atoms with Gasteiger partial charge >= 0.3 is 12.1 Å². The number of halogens is 3. The Balaban J connectivity index is 2.44. The molecule has 1 N–H and O–H groups in total. The molecule has 1 aliphatic heterocycles. The number of aliphatic carboxylic acids is 1. The zero-order valence-electron chi connectivity index (χ0n) is 9.90. The van der Waals surface area contributed by atoms with Crippen molar-refractivity contribution < 1.29 is 27.9 Å². The number of amides is 1. The van der Waals surface area contributed by atoms with E-state index in [1.807, 2.05) is 0 Å². The van der Waals surface area contributed by atoms with Gasteiger partial charge in [0.25, 0.3) is 0 Å². The van der Waals surface area contributed by atoms with Crippen LogP contribution in [0.5, 0.6) is 0 Å². The monoisotopic (exact) mass is 268 g/mol. The molecule has 1 atom stereocenters. The molecule has 0 aromatic rings. The third-order valence-electron chi connectivity index (χ3n) is 2.83. The summed E-state index contributed by atoms with van der Waals surface area (Å²) in [6, 6.07) is 0. The lowest BCUT2D eigenvalue weighted by atomic mass is 10.1. The molecule has 1 rings (SSSR count). The van der Waals surface area contributed by atoms with E-state index in [1.165, 1.54) is 16.7 Å². The summed E-state index contributed by atoms with van der Waals surface area (Å²) >= 11 is 0.